The molecule has 8 nitrogen and oxygen atoms in total. The molecule has 1 saturated heterocycles. The molecular formula is C26H26ClFN6O2. The Hall–Kier alpha value is -3.85. The number of aromatic nitrogens is 3. The molecule has 186 valence electrons. The molecule has 0 bridgehead atoms. The molecule has 2 aromatic heterocycles. The number of hydrogen-bond donors (Lipinski definition) is 0. The summed E-state index contributed by atoms with van der Waals surface area (Å²) in [5.41, 5.74) is 3.86. The van der Waals surface area contributed by atoms with Crippen molar-refractivity contribution >= 4 is 30.0 Å². The highest BCUT2D eigenvalue weighted by molar-refractivity contribution is 6.33. The molecule has 4 rings (SSSR count). The first-order valence-electron chi connectivity index (χ1n) is 11.4. The number of amides is 1. The summed E-state index contributed by atoms with van der Waals surface area (Å²) in [6.45, 7) is 10.7. The van der Waals surface area contributed by atoms with Gasteiger partial charge in [0.25, 0.3) is 5.91 Å². The van der Waals surface area contributed by atoms with Crippen molar-refractivity contribution in [3.8, 4) is 22.5 Å². The lowest BCUT2D eigenvalue weighted by Gasteiger charge is -2.35. The van der Waals surface area contributed by atoms with Gasteiger partial charge in [0.2, 0.25) is 0 Å². The maximum Gasteiger partial charge on any atom is 0.253 e. The number of hydrogen-bond acceptors (Lipinski definition) is 7. The van der Waals surface area contributed by atoms with Gasteiger partial charge in [0.05, 0.1) is 22.5 Å². The number of allylic oxidation sites excluding steroid dienone is 1. The highest BCUT2D eigenvalue weighted by Crippen LogP contribution is 2.35. The fourth-order valence-electron chi connectivity index (χ4n) is 4.07. The predicted octanol–water partition coefficient (Wildman–Crippen LogP) is 4.88. The molecule has 0 N–H and O–H groups in total. The number of oxime groups is 1. The van der Waals surface area contributed by atoms with E-state index in [4.69, 9.17) is 26.4 Å². The van der Waals surface area contributed by atoms with Crippen molar-refractivity contribution < 1.29 is 14.0 Å². The molecule has 0 spiro atoms. The average molecular weight is 509 g/mol. The van der Waals surface area contributed by atoms with Crippen LogP contribution in [0.4, 0.5) is 10.2 Å². The van der Waals surface area contributed by atoms with Crippen LogP contribution in [0, 0.1) is 12.7 Å². The molecule has 3 aromatic rings. The topological polar surface area (TPSA) is 83.8 Å². The van der Waals surface area contributed by atoms with Crippen LogP contribution < -0.4 is 4.90 Å². The van der Waals surface area contributed by atoms with Gasteiger partial charge in [-0.15, -0.1) is 0 Å². The molecule has 1 aliphatic rings. The number of nitrogens with zero attached hydrogens (tertiary/aromatic N) is 6. The minimum atomic E-state index is -0.315. The highest BCUT2D eigenvalue weighted by Gasteiger charge is 2.25. The molecule has 0 atom stereocenters. The Morgan fingerprint density at radius 3 is 2.53 bits per heavy atom. The Morgan fingerprint density at radius 2 is 1.86 bits per heavy atom. The summed E-state index contributed by atoms with van der Waals surface area (Å²) in [5.74, 6) is 0.669. The molecular weight excluding hydrogens is 483 g/mol. The van der Waals surface area contributed by atoms with Crippen LogP contribution in [0.1, 0.15) is 19.4 Å². The van der Waals surface area contributed by atoms with Crippen molar-refractivity contribution in [1.29, 1.82) is 0 Å². The van der Waals surface area contributed by atoms with Crippen LogP contribution in [0.15, 0.2) is 59.3 Å². The zero-order chi connectivity index (χ0) is 25.8. The van der Waals surface area contributed by atoms with E-state index in [1.165, 1.54) is 12.1 Å². The van der Waals surface area contributed by atoms with Crippen LogP contribution in [0.2, 0.25) is 5.02 Å². The van der Waals surface area contributed by atoms with Crippen LogP contribution >= 0.6 is 11.6 Å². The SMILES string of the molecule is C=NO/C(C)=C(\C)C(=O)N1CCN(c2cnc(-c3ccc(F)cc3C)c(-c3ccncc3Cl)n2)CC1. The Morgan fingerprint density at radius 1 is 1.11 bits per heavy atom. The van der Waals surface area contributed by atoms with Gasteiger partial charge in [-0.05, 0) is 50.6 Å². The van der Waals surface area contributed by atoms with Gasteiger partial charge < -0.3 is 14.6 Å². The molecule has 0 unspecified atom stereocenters. The van der Waals surface area contributed by atoms with Gasteiger partial charge in [-0.1, -0.05) is 16.8 Å². The normalized spacial score (nSPS) is 14.4. The summed E-state index contributed by atoms with van der Waals surface area (Å²) in [7, 11) is 0. The van der Waals surface area contributed by atoms with Gasteiger partial charge in [-0.25, -0.2) is 9.37 Å². The van der Waals surface area contributed by atoms with E-state index in [0.29, 0.717) is 65.3 Å². The van der Waals surface area contributed by atoms with E-state index in [2.05, 4.69) is 21.8 Å². The Labute approximate surface area is 214 Å². The fraction of sp³-hybridized carbons (Fsp3) is 0.269. The lowest BCUT2D eigenvalue weighted by Crippen LogP contribution is -2.49. The summed E-state index contributed by atoms with van der Waals surface area (Å²) in [5, 5.41) is 3.82. The van der Waals surface area contributed by atoms with Crippen molar-refractivity contribution in [2.24, 2.45) is 5.16 Å². The van der Waals surface area contributed by atoms with Crippen LogP contribution in [0.3, 0.4) is 0 Å². The van der Waals surface area contributed by atoms with Crippen molar-refractivity contribution in [1.82, 2.24) is 19.9 Å². The summed E-state index contributed by atoms with van der Waals surface area (Å²) < 4.78 is 13.8. The molecule has 1 aliphatic heterocycles. The van der Waals surface area contributed by atoms with Gasteiger partial charge >= 0.3 is 0 Å². The number of anilines is 1. The Kier molecular flexibility index (Phi) is 7.59. The van der Waals surface area contributed by atoms with Crippen molar-refractivity contribution in [2.75, 3.05) is 31.1 Å². The highest BCUT2D eigenvalue weighted by atomic mass is 35.5. The quantitative estimate of drug-likeness (QED) is 0.204. The monoisotopic (exact) mass is 508 g/mol. The Bertz CT molecular complexity index is 1340. The number of benzene rings is 1. The number of halogens is 2. The second-order valence-electron chi connectivity index (χ2n) is 8.42. The molecule has 0 aliphatic carbocycles. The Balaban J connectivity index is 1.64. The smallest absolute Gasteiger partial charge is 0.253 e. The first kappa shape index (κ1) is 25.2. The zero-order valence-corrected chi connectivity index (χ0v) is 21.1. The number of carbonyl (C=O) groups excluding carboxylic acids is 1. The minimum absolute atomic E-state index is 0.103. The standard InChI is InChI=1S/C26H26ClFN6O2/c1-16-13-19(28)5-6-20(16)24-25(21-7-8-30-14-22(21)27)32-23(15-31-24)33-9-11-34(12-10-33)26(35)17(2)18(3)36-29-4/h5-8,13-15H,4,9-12H2,1-3H3/b18-17+. The molecule has 36 heavy (non-hydrogen) atoms. The minimum Gasteiger partial charge on any atom is -0.362 e. The molecule has 0 radical (unpaired) electrons. The van der Waals surface area contributed by atoms with E-state index in [-0.39, 0.29) is 11.7 Å². The van der Waals surface area contributed by atoms with E-state index in [1.54, 1.807) is 49.5 Å². The maximum atomic E-state index is 13.8. The van der Waals surface area contributed by atoms with Crippen LogP contribution in [0.25, 0.3) is 22.5 Å². The molecule has 1 aromatic carbocycles. The van der Waals surface area contributed by atoms with Crippen molar-refractivity contribution in [3.05, 3.63) is 70.6 Å². The zero-order valence-electron chi connectivity index (χ0n) is 20.3. The summed E-state index contributed by atoms with van der Waals surface area (Å²) in [6, 6.07) is 6.35. The maximum absolute atomic E-state index is 13.8. The third-order valence-corrected chi connectivity index (χ3v) is 6.47. The second kappa shape index (κ2) is 10.8. The van der Waals surface area contributed by atoms with Gasteiger partial charge in [0.1, 0.15) is 23.1 Å². The van der Waals surface area contributed by atoms with Crippen LogP contribution in [-0.4, -0.2) is 58.7 Å². The molecule has 0 saturated carbocycles. The predicted molar refractivity (Wildman–Crippen MR) is 138 cm³/mol. The van der Waals surface area contributed by atoms with E-state index in [9.17, 15) is 9.18 Å². The fourth-order valence-corrected chi connectivity index (χ4v) is 4.28. The van der Waals surface area contributed by atoms with E-state index in [1.807, 2.05) is 6.92 Å². The lowest BCUT2D eigenvalue weighted by atomic mass is 10.0. The van der Waals surface area contributed by atoms with Gasteiger partial charge in [0.15, 0.2) is 0 Å². The van der Waals surface area contributed by atoms with Crippen molar-refractivity contribution in [2.45, 2.75) is 20.8 Å². The second-order valence-corrected chi connectivity index (χ2v) is 8.83. The largest absolute Gasteiger partial charge is 0.362 e. The van der Waals surface area contributed by atoms with Crippen LogP contribution in [0.5, 0.6) is 0 Å². The third kappa shape index (κ3) is 5.21. The summed E-state index contributed by atoms with van der Waals surface area (Å²) in [6.07, 6.45) is 4.90. The van der Waals surface area contributed by atoms with E-state index >= 15 is 0 Å². The van der Waals surface area contributed by atoms with E-state index < -0.39 is 0 Å². The molecule has 3 heterocycles. The molecule has 10 heteroatoms. The third-order valence-electron chi connectivity index (χ3n) is 6.17. The number of aryl methyl sites for hydroxylation is 1. The number of rotatable bonds is 6. The number of carbonyl (C=O) groups is 1. The molecule has 1 fully saturated rings. The van der Waals surface area contributed by atoms with E-state index in [0.717, 1.165) is 11.1 Å². The van der Waals surface area contributed by atoms with Crippen LogP contribution in [-0.2, 0) is 9.63 Å². The summed E-state index contributed by atoms with van der Waals surface area (Å²) in [4.78, 5) is 35.4. The van der Waals surface area contributed by atoms with Gasteiger partial charge in [-0.3, -0.25) is 14.8 Å². The summed E-state index contributed by atoms with van der Waals surface area (Å²) >= 11 is 6.48. The number of piperazine rings is 1. The van der Waals surface area contributed by atoms with Gasteiger partial charge in [0, 0.05) is 56.4 Å². The van der Waals surface area contributed by atoms with Gasteiger partial charge in [-0.2, -0.15) is 0 Å². The average Bonchev–Trinajstić information content (AvgIpc) is 2.88. The number of pyridine rings is 1. The van der Waals surface area contributed by atoms with Crippen molar-refractivity contribution in [3.63, 3.8) is 0 Å². The first-order chi connectivity index (χ1) is 17.3. The molecule has 1 amide bonds. The first-order valence-corrected chi connectivity index (χ1v) is 11.8. The lowest BCUT2D eigenvalue weighted by molar-refractivity contribution is -0.127.